The van der Waals surface area contributed by atoms with Crippen LogP contribution in [0.4, 0.5) is 0 Å². The van der Waals surface area contributed by atoms with Gasteiger partial charge in [0.15, 0.2) is 0 Å². The van der Waals surface area contributed by atoms with Crippen LogP contribution in [0.15, 0.2) is 42.5 Å². The number of esters is 1. The molecule has 0 aromatic heterocycles. The van der Waals surface area contributed by atoms with E-state index >= 15 is 0 Å². The summed E-state index contributed by atoms with van der Waals surface area (Å²) in [5, 5.41) is 0. The lowest BCUT2D eigenvalue weighted by molar-refractivity contribution is 0.0497. The van der Waals surface area contributed by atoms with E-state index in [4.69, 9.17) is 4.74 Å². The van der Waals surface area contributed by atoms with E-state index in [0.717, 1.165) is 12.8 Å². The molecule has 0 aliphatic heterocycles. The van der Waals surface area contributed by atoms with Gasteiger partial charge in [-0.15, -0.1) is 0 Å². The summed E-state index contributed by atoms with van der Waals surface area (Å²) in [7, 11) is 0. The first-order valence-corrected chi connectivity index (χ1v) is 13.2. The summed E-state index contributed by atoms with van der Waals surface area (Å²) >= 11 is 0. The molecule has 0 unspecified atom stereocenters. The van der Waals surface area contributed by atoms with Crippen molar-refractivity contribution in [3.05, 3.63) is 48.0 Å². The zero-order valence-corrected chi connectivity index (χ0v) is 20.3. The molecule has 0 atom stereocenters. The Hall–Kier alpha value is -1.57. The SMILES string of the molecule is CCCCCCCC/C=C\CCCCCCCCCCCCOC(=O)c1ccccc1. The molecule has 0 saturated carbocycles. The number of hydrogen-bond donors (Lipinski definition) is 0. The lowest BCUT2D eigenvalue weighted by Crippen LogP contribution is -2.06. The molecule has 0 aliphatic rings. The Balaban J connectivity index is 1.74. The Labute approximate surface area is 192 Å². The van der Waals surface area contributed by atoms with Gasteiger partial charge in [-0.2, -0.15) is 0 Å². The van der Waals surface area contributed by atoms with E-state index in [9.17, 15) is 4.79 Å². The quantitative estimate of drug-likeness (QED) is 0.111. The van der Waals surface area contributed by atoms with Gasteiger partial charge < -0.3 is 4.74 Å². The summed E-state index contributed by atoms with van der Waals surface area (Å²) in [6.07, 6.45) is 28.7. The molecule has 31 heavy (non-hydrogen) atoms. The van der Waals surface area contributed by atoms with Crippen molar-refractivity contribution in [1.82, 2.24) is 0 Å². The molecule has 1 rings (SSSR count). The lowest BCUT2D eigenvalue weighted by atomic mass is 10.1. The summed E-state index contributed by atoms with van der Waals surface area (Å²) in [6.45, 7) is 2.82. The van der Waals surface area contributed by atoms with E-state index in [1.165, 1.54) is 103 Å². The van der Waals surface area contributed by atoms with Crippen molar-refractivity contribution in [1.29, 1.82) is 0 Å². The molecule has 0 bridgehead atoms. The maximum Gasteiger partial charge on any atom is 0.338 e. The Morgan fingerprint density at radius 2 is 1.10 bits per heavy atom. The van der Waals surface area contributed by atoms with Crippen LogP contribution in [-0.4, -0.2) is 12.6 Å². The number of unbranched alkanes of at least 4 members (excludes halogenated alkanes) is 16. The maximum absolute atomic E-state index is 11.8. The van der Waals surface area contributed by atoms with Crippen molar-refractivity contribution in [2.75, 3.05) is 6.61 Å². The van der Waals surface area contributed by atoms with Gasteiger partial charge in [-0.3, -0.25) is 0 Å². The first-order valence-electron chi connectivity index (χ1n) is 13.2. The van der Waals surface area contributed by atoms with Crippen LogP contribution >= 0.6 is 0 Å². The van der Waals surface area contributed by atoms with Gasteiger partial charge in [0.25, 0.3) is 0 Å². The highest BCUT2D eigenvalue weighted by atomic mass is 16.5. The topological polar surface area (TPSA) is 26.3 Å². The second kappa shape index (κ2) is 21.7. The fraction of sp³-hybridized carbons (Fsp3) is 0.690. The minimum atomic E-state index is -0.200. The number of carbonyl (C=O) groups is 1. The zero-order valence-electron chi connectivity index (χ0n) is 20.3. The second-order valence-corrected chi connectivity index (χ2v) is 8.85. The number of hydrogen-bond acceptors (Lipinski definition) is 2. The zero-order chi connectivity index (χ0) is 22.2. The van der Waals surface area contributed by atoms with E-state index < -0.39 is 0 Å². The van der Waals surface area contributed by atoms with Crippen LogP contribution in [0.5, 0.6) is 0 Å². The summed E-state index contributed by atoms with van der Waals surface area (Å²) in [6, 6.07) is 9.25. The van der Waals surface area contributed by atoms with Crippen LogP contribution in [0.2, 0.25) is 0 Å². The Morgan fingerprint density at radius 1 is 0.645 bits per heavy atom. The van der Waals surface area contributed by atoms with Gasteiger partial charge in [0.1, 0.15) is 0 Å². The Morgan fingerprint density at radius 3 is 1.61 bits per heavy atom. The monoisotopic (exact) mass is 428 g/mol. The number of allylic oxidation sites excluding steroid dienone is 2. The highest BCUT2D eigenvalue weighted by Gasteiger charge is 2.04. The molecule has 176 valence electrons. The predicted molar refractivity (Wildman–Crippen MR) is 135 cm³/mol. The predicted octanol–water partition coefficient (Wildman–Crippen LogP) is 9.44. The van der Waals surface area contributed by atoms with Crippen LogP contribution in [0.1, 0.15) is 133 Å². The molecule has 0 radical (unpaired) electrons. The van der Waals surface area contributed by atoms with Gasteiger partial charge in [0.05, 0.1) is 12.2 Å². The third-order valence-corrected chi connectivity index (χ3v) is 5.90. The number of ether oxygens (including phenoxy) is 1. The first kappa shape index (κ1) is 27.5. The Bertz CT molecular complexity index is 535. The van der Waals surface area contributed by atoms with Crippen molar-refractivity contribution >= 4 is 5.97 Å². The standard InChI is InChI=1S/C29H48O2/c1-2-3-4-5-6-7-8-9-10-11-12-13-14-15-16-17-18-19-20-24-27-31-29(30)28-25-22-21-23-26-28/h9-10,21-23,25-26H,2-8,11-20,24,27H2,1H3/b10-9-. The molecular formula is C29H48O2. The average molecular weight is 429 g/mol. The molecule has 0 spiro atoms. The molecule has 0 N–H and O–H groups in total. The normalized spacial score (nSPS) is 11.3. The molecular weight excluding hydrogens is 380 g/mol. The van der Waals surface area contributed by atoms with E-state index in [2.05, 4.69) is 19.1 Å². The minimum Gasteiger partial charge on any atom is -0.462 e. The molecule has 1 aromatic carbocycles. The van der Waals surface area contributed by atoms with E-state index in [-0.39, 0.29) is 5.97 Å². The van der Waals surface area contributed by atoms with Gasteiger partial charge >= 0.3 is 5.97 Å². The van der Waals surface area contributed by atoms with Crippen molar-refractivity contribution in [2.45, 2.75) is 122 Å². The van der Waals surface area contributed by atoms with Crippen LogP contribution in [0, 0.1) is 0 Å². The second-order valence-electron chi connectivity index (χ2n) is 8.85. The summed E-state index contributed by atoms with van der Waals surface area (Å²) in [4.78, 5) is 11.8. The first-order chi connectivity index (χ1) is 15.3. The van der Waals surface area contributed by atoms with E-state index in [0.29, 0.717) is 12.2 Å². The average Bonchev–Trinajstić information content (AvgIpc) is 2.80. The summed E-state index contributed by atoms with van der Waals surface area (Å²) in [5.74, 6) is -0.200. The van der Waals surface area contributed by atoms with Gasteiger partial charge in [0.2, 0.25) is 0 Å². The molecule has 0 saturated heterocycles. The number of benzene rings is 1. The van der Waals surface area contributed by atoms with Crippen LogP contribution in [0.3, 0.4) is 0 Å². The van der Waals surface area contributed by atoms with Crippen molar-refractivity contribution in [3.63, 3.8) is 0 Å². The molecule has 2 heteroatoms. The van der Waals surface area contributed by atoms with Crippen LogP contribution < -0.4 is 0 Å². The highest BCUT2D eigenvalue weighted by molar-refractivity contribution is 5.89. The Kier molecular flexibility index (Phi) is 19.2. The van der Waals surface area contributed by atoms with E-state index in [1.54, 1.807) is 12.1 Å². The third-order valence-electron chi connectivity index (χ3n) is 5.90. The lowest BCUT2D eigenvalue weighted by Gasteiger charge is -2.05. The fourth-order valence-corrected chi connectivity index (χ4v) is 3.88. The summed E-state index contributed by atoms with van der Waals surface area (Å²) in [5.41, 5.74) is 0.645. The molecule has 0 amide bonds. The summed E-state index contributed by atoms with van der Waals surface area (Å²) < 4.78 is 5.32. The molecule has 0 heterocycles. The third kappa shape index (κ3) is 17.8. The molecule has 0 fully saturated rings. The fourth-order valence-electron chi connectivity index (χ4n) is 3.88. The minimum absolute atomic E-state index is 0.200. The van der Waals surface area contributed by atoms with Gasteiger partial charge in [0, 0.05) is 0 Å². The van der Waals surface area contributed by atoms with Crippen molar-refractivity contribution in [3.8, 4) is 0 Å². The van der Waals surface area contributed by atoms with E-state index in [1.807, 2.05) is 18.2 Å². The van der Waals surface area contributed by atoms with Gasteiger partial charge in [-0.1, -0.05) is 121 Å². The van der Waals surface area contributed by atoms with Crippen LogP contribution in [-0.2, 0) is 4.74 Å². The smallest absolute Gasteiger partial charge is 0.338 e. The van der Waals surface area contributed by atoms with Crippen molar-refractivity contribution < 1.29 is 9.53 Å². The molecule has 1 aromatic rings. The number of carbonyl (C=O) groups excluding carboxylic acids is 1. The van der Waals surface area contributed by atoms with Gasteiger partial charge in [-0.25, -0.2) is 4.79 Å². The number of rotatable bonds is 21. The highest BCUT2D eigenvalue weighted by Crippen LogP contribution is 2.12. The van der Waals surface area contributed by atoms with Gasteiger partial charge in [-0.05, 0) is 44.2 Å². The maximum atomic E-state index is 11.8. The van der Waals surface area contributed by atoms with Crippen molar-refractivity contribution in [2.24, 2.45) is 0 Å². The molecule has 2 nitrogen and oxygen atoms in total. The largest absolute Gasteiger partial charge is 0.462 e. The molecule has 0 aliphatic carbocycles. The van der Waals surface area contributed by atoms with Crippen LogP contribution in [0.25, 0.3) is 0 Å².